The second-order valence-electron chi connectivity index (χ2n) is 8.79. The lowest BCUT2D eigenvalue weighted by molar-refractivity contribution is -0.137. The molecule has 202 valence electrons. The van der Waals surface area contributed by atoms with E-state index in [0.717, 1.165) is 4.90 Å². The zero-order valence-electron chi connectivity index (χ0n) is 20.9. The molecule has 2 aromatic carbocycles. The fourth-order valence-corrected chi connectivity index (χ4v) is 5.49. The highest BCUT2D eigenvalue weighted by molar-refractivity contribution is 7.90. The van der Waals surface area contributed by atoms with Gasteiger partial charge >= 0.3 is 12.0 Å². The number of rotatable bonds is 9. The van der Waals surface area contributed by atoms with E-state index in [0.29, 0.717) is 23.1 Å². The standard InChI is InChI=1S/C26H29N3O8S/c1-2-12-29(25(31)23-27-20-10-6-7-11-21(20)36-23)24(30)22(37-26(32)28-13-15-35-16-14-28)18-38(33,34)17-19-8-4-3-5-9-19/h3-11,22H,2,12-18H2,1H3. The molecule has 11 nitrogen and oxygen atoms in total. The number of carbonyl (C=O) groups is 3. The highest BCUT2D eigenvalue weighted by Gasteiger charge is 2.38. The number of para-hydroxylation sites is 2. The van der Waals surface area contributed by atoms with Crippen LogP contribution in [0, 0.1) is 0 Å². The van der Waals surface area contributed by atoms with Crippen molar-refractivity contribution in [3.63, 3.8) is 0 Å². The fraction of sp³-hybridized carbons (Fsp3) is 0.385. The number of oxazole rings is 1. The average Bonchev–Trinajstić information content (AvgIpc) is 3.36. The predicted octanol–water partition coefficient (Wildman–Crippen LogP) is 2.66. The Kier molecular flexibility index (Phi) is 8.74. The first kappa shape index (κ1) is 27.3. The third-order valence-corrected chi connectivity index (χ3v) is 7.44. The smallest absolute Gasteiger partial charge is 0.410 e. The third-order valence-electron chi connectivity index (χ3n) is 5.86. The van der Waals surface area contributed by atoms with E-state index in [1.54, 1.807) is 61.5 Å². The Hall–Kier alpha value is -3.77. The summed E-state index contributed by atoms with van der Waals surface area (Å²) in [6.07, 6.45) is -2.23. The van der Waals surface area contributed by atoms with Crippen LogP contribution in [0.2, 0.25) is 0 Å². The third kappa shape index (κ3) is 6.75. The molecule has 1 aliphatic rings. The summed E-state index contributed by atoms with van der Waals surface area (Å²) in [5.74, 6) is -3.28. The van der Waals surface area contributed by atoms with Gasteiger partial charge in [0.05, 0.1) is 24.7 Å². The molecule has 0 N–H and O–H groups in total. The monoisotopic (exact) mass is 543 g/mol. The van der Waals surface area contributed by atoms with Crippen molar-refractivity contribution >= 4 is 38.8 Å². The van der Waals surface area contributed by atoms with E-state index in [2.05, 4.69) is 4.98 Å². The second-order valence-corrected chi connectivity index (χ2v) is 10.9. The predicted molar refractivity (Wildman–Crippen MR) is 137 cm³/mol. The Bertz CT molecular complexity index is 1350. The lowest BCUT2D eigenvalue weighted by Crippen LogP contribution is -2.50. The van der Waals surface area contributed by atoms with Crippen molar-refractivity contribution in [3.05, 3.63) is 66.1 Å². The van der Waals surface area contributed by atoms with Gasteiger partial charge in [0, 0.05) is 19.6 Å². The van der Waals surface area contributed by atoms with Gasteiger partial charge in [-0.25, -0.2) is 18.2 Å². The van der Waals surface area contributed by atoms with E-state index in [9.17, 15) is 22.8 Å². The molecule has 12 heteroatoms. The number of fused-ring (bicyclic) bond motifs is 1. The van der Waals surface area contributed by atoms with Gasteiger partial charge in [-0.15, -0.1) is 0 Å². The van der Waals surface area contributed by atoms with Crippen molar-refractivity contribution in [1.82, 2.24) is 14.8 Å². The molecule has 1 aliphatic heterocycles. The van der Waals surface area contributed by atoms with Crippen molar-refractivity contribution in [2.24, 2.45) is 0 Å². The van der Waals surface area contributed by atoms with E-state index in [-0.39, 0.29) is 44.5 Å². The van der Waals surface area contributed by atoms with E-state index in [1.165, 1.54) is 4.90 Å². The summed E-state index contributed by atoms with van der Waals surface area (Å²) in [6, 6.07) is 15.2. The molecular formula is C26H29N3O8S. The van der Waals surface area contributed by atoms with Crippen LogP contribution >= 0.6 is 0 Å². The summed E-state index contributed by atoms with van der Waals surface area (Å²) in [7, 11) is -3.93. The van der Waals surface area contributed by atoms with E-state index < -0.39 is 39.6 Å². The Morgan fingerprint density at radius 1 is 1.05 bits per heavy atom. The number of nitrogens with zero attached hydrogens (tertiary/aromatic N) is 3. The number of morpholine rings is 1. The summed E-state index contributed by atoms with van der Waals surface area (Å²) >= 11 is 0. The molecule has 0 spiro atoms. The van der Waals surface area contributed by atoms with Crippen molar-refractivity contribution in [3.8, 4) is 0 Å². The number of aromatic nitrogens is 1. The number of amides is 3. The molecule has 3 amide bonds. The summed E-state index contributed by atoms with van der Waals surface area (Å²) in [5.41, 5.74) is 1.31. The molecule has 1 unspecified atom stereocenters. The number of sulfone groups is 1. The van der Waals surface area contributed by atoms with Crippen molar-refractivity contribution in [2.45, 2.75) is 25.2 Å². The highest BCUT2D eigenvalue weighted by Crippen LogP contribution is 2.19. The second kappa shape index (κ2) is 12.2. The summed E-state index contributed by atoms with van der Waals surface area (Å²) in [4.78, 5) is 46.2. The molecule has 1 saturated heterocycles. The van der Waals surface area contributed by atoms with Gasteiger partial charge in [-0.1, -0.05) is 49.4 Å². The molecule has 1 aromatic heterocycles. The number of hydrogen-bond donors (Lipinski definition) is 0. The Morgan fingerprint density at radius 2 is 1.74 bits per heavy atom. The first-order valence-corrected chi connectivity index (χ1v) is 14.1. The van der Waals surface area contributed by atoms with Crippen LogP contribution in [0.4, 0.5) is 4.79 Å². The number of benzene rings is 2. The van der Waals surface area contributed by atoms with Crippen LogP contribution in [0.15, 0.2) is 59.0 Å². The minimum Gasteiger partial charge on any atom is -0.435 e. The first-order valence-electron chi connectivity index (χ1n) is 12.3. The molecule has 1 atom stereocenters. The minimum atomic E-state index is -3.93. The maximum atomic E-state index is 13.7. The Labute approximate surface area is 220 Å². The first-order chi connectivity index (χ1) is 18.3. The maximum Gasteiger partial charge on any atom is 0.410 e. The molecule has 4 rings (SSSR count). The van der Waals surface area contributed by atoms with Crippen LogP contribution < -0.4 is 0 Å². The van der Waals surface area contributed by atoms with Crippen LogP contribution in [-0.4, -0.2) is 85.8 Å². The lowest BCUT2D eigenvalue weighted by Gasteiger charge is -2.29. The SMILES string of the molecule is CCCN(C(=O)c1nc2ccccc2o1)C(=O)C(CS(=O)(=O)Cc1ccccc1)OC(=O)N1CCOCC1. The zero-order valence-corrected chi connectivity index (χ0v) is 21.8. The molecule has 3 aromatic rings. The highest BCUT2D eigenvalue weighted by atomic mass is 32.2. The lowest BCUT2D eigenvalue weighted by atomic mass is 10.2. The molecule has 2 heterocycles. The largest absolute Gasteiger partial charge is 0.435 e. The Morgan fingerprint density at radius 3 is 2.42 bits per heavy atom. The van der Waals surface area contributed by atoms with E-state index >= 15 is 0 Å². The number of carbonyl (C=O) groups excluding carboxylic acids is 3. The van der Waals surface area contributed by atoms with Gasteiger partial charge in [0.25, 0.3) is 11.8 Å². The number of hydrogen-bond acceptors (Lipinski definition) is 9. The minimum absolute atomic E-state index is 0.0548. The van der Waals surface area contributed by atoms with Gasteiger partial charge < -0.3 is 18.8 Å². The van der Waals surface area contributed by atoms with Gasteiger partial charge in [-0.3, -0.25) is 14.5 Å². The van der Waals surface area contributed by atoms with Crippen LogP contribution in [-0.2, 0) is 29.9 Å². The molecule has 38 heavy (non-hydrogen) atoms. The van der Waals surface area contributed by atoms with Crippen molar-refractivity contribution in [1.29, 1.82) is 0 Å². The fourth-order valence-electron chi connectivity index (χ4n) is 4.00. The van der Waals surface area contributed by atoms with Gasteiger partial charge in [0.1, 0.15) is 5.52 Å². The zero-order chi connectivity index (χ0) is 27.1. The van der Waals surface area contributed by atoms with E-state index in [1.807, 2.05) is 0 Å². The molecule has 0 saturated carbocycles. The normalized spacial score (nSPS) is 14.7. The van der Waals surface area contributed by atoms with Gasteiger partial charge in [0.2, 0.25) is 0 Å². The molecular weight excluding hydrogens is 514 g/mol. The number of imide groups is 1. The Balaban J connectivity index is 1.60. The summed E-state index contributed by atoms with van der Waals surface area (Å²) in [5, 5.41) is 0. The van der Waals surface area contributed by atoms with E-state index in [4.69, 9.17) is 13.9 Å². The van der Waals surface area contributed by atoms with Crippen LogP contribution in [0.1, 0.15) is 29.6 Å². The summed E-state index contributed by atoms with van der Waals surface area (Å²) < 4.78 is 42.4. The van der Waals surface area contributed by atoms with Gasteiger partial charge in [-0.2, -0.15) is 0 Å². The van der Waals surface area contributed by atoms with Gasteiger partial charge in [-0.05, 0) is 24.1 Å². The van der Waals surface area contributed by atoms with Crippen molar-refractivity contribution in [2.75, 3.05) is 38.6 Å². The maximum absolute atomic E-state index is 13.7. The molecule has 0 aliphatic carbocycles. The van der Waals surface area contributed by atoms with Crippen LogP contribution in [0.5, 0.6) is 0 Å². The molecule has 1 fully saturated rings. The topological polar surface area (TPSA) is 136 Å². The number of ether oxygens (including phenoxy) is 2. The molecule has 0 bridgehead atoms. The molecule has 0 radical (unpaired) electrons. The van der Waals surface area contributed by atoms with Crippen molar-refractivity contribution < 1.29 is 36.7 Å². The van der Waals surface area contributed by atoms with Crippen LogP contribution in [0.25, 0.3) is 11.1 Å². The van der Waals surface area contributed by atoms with Crippen LogP contribution in [0.3, 0.4) is 0 Å². The summed E-state index contributed by atoms with van der Waals surface area (Å²) in [6.45, 7) is 2.74. The quantitative estimate of drug-likeness (QED) is 0.399. The van der Waals surface area contributed by atoms with Gasteiger partial charge in [0.15, 0.2) is 21.5 Å². The average molecular weight is 544 g/mol.